The predicted octanol–water partition coefficient (Wildman–Crippen LogP) is 3.03. The van der Waals surface area contributed by atoms with Crippen molar-refractivity contribution in [3.8, 4) is 0 Å². The number of halogens is 2. The predicted molar refractivity (Wildman–Crippen MR) is 112 cm³/mol. The first kappa shape index (κ1) is 23.2. The highest BCUT2D eigenvalue weighted by atomic mass is 35.5. The van der Waals surface area contributed by atoms with Gasteiger partial charge in [0, 0.05) is 31.6 Å². The molecule has 0 aromatic heterocycles. The van der Waals surface area contributed by atoms with Crippen molar-refractivity contribution < 1.29 is 4.79 Å². The zero-order valence-electron chi connectivity index (χ0n) is 15.4. The number of nitrogens with zero attached hydrogens (tertiary/aromatic N) is 1. The fourth-order valence-electron chi connectivity index (χ4n) is 4.07. The number of nitrogens with two attached hydrogens (primary N) is 1. The summed E-state index contributed by atoms with van der Waals surface area (Å²) in [6.45, 7) is 4.21. The van der Waals surface area contributed by atoms with Gasteiger partial charge in [0.05, 0.1) is 0 Å². The van der Waals surface area contributed by atoms with Crippen molar-refractivity contribution in [3.63, 3.8) is 0 Å². The van der Waals surface area contributed by atoms with Crippen LogP contribution in [0.3, 0.4) is 0 Å². The Hall–Kier alpha value is -0.810. The van der Waals surface area contributed by atoms with Crippen LogP contribution in [-0.4, -0.2) is 43.0 Å². The number of hydrogen-bond acceptors (Lipinski definition) is 3. The van der Waals surface area contributed by atoms with E-state index in [2.05, 4.69) is 40.5 Å². The molecule has 26 heavy (non-hydrogen) atoms. The molecule has 4 nitrogen and oxygen atoms in total. The Bertz CT molecular complexity index is 529. The molecule has 3 N–H and O–H groups in total. The van der Waals surface area contributed by atoms with E-state index in [-0.39, 0.29) is 42.7 Å². The number of carbonyl (C=O) groups is 1. The highest BCUT2D eigenvalue weighted by molar-refractivity contribution is 5.85. The molecule has 3 rings (SSSR count). The van der Waals surface area contributed by atoms with Crippen molar-refractivity contribution in [2.75, 3.05) is 26.2 Å². The van der Waals surface area contributed by atoms with Crippen molar-refractivity contribution in [1.82, 2.24) is 10.2 Å². The van der Waals surface area contributed by atoms with E-state index < -0.39 is 0 Å². The number of hydrogen-bond donors (Lipinski definition) is 2. The zero-order chi connectivity index (χ0) is 16.8. The second-order valence-electron chi connectivity index (χ2n) is 7.56. The van der Waals surface area contributed by atoms with Crippen LogP contribution in [0, 0.1) is 11.8 Å². The van der Waals surface area contributed by atoms with Crippen molar-refractivity contribution in [3.05, 3.63) is 35.9 Å². The van der Waals surface area contributed by atoms with Crippen LogP contribution in [0.1, 0.15) is 37.7 Å². The summed E-state index contributed by atoms with van der Waals surface area (Å²) in [5.74, 6) is 0.971. The monoisotopic (exact) mass is 401 g/mol. The number of rotatable bonds is 6. The average Bonchev–Trinajstić information content (AvgIpc) is 3.07. The van der Waals surface area contributed by atoms with Gasteiger partial charge in [-0.1, -0.05) is 36.8 Å². The van der Waals surface area contributed by atoms with Crippen molar-refractivity contribution in [1.29, 1.82) is 0 Å². The summed E-state index contributed by atoms with van der Waals surface area (Å²) in [5.41, 5.74) is 7.40. The molecule has 0 spiro atoms. The van der Waals surface area contributed by atoms with Gasteiger partial charge in [-0.05, 0) is 50.1 Å². The van der Waals surface area contributed by atoms with E-state index in [0.717, 1.165) is 58.3 Å². The van der Waals surface area contributed by atoms with E-state index in [4.69, 9.17) is 5.73 Å². The van der Waals surface area contributed by atoms with Gasteiger partial charge in [-0.15, -0.1) is 24.8 Å². The van der Waals surface area contributed by atoms with E-state index in [1.54, 1.807) is 0 Å². The molecule has 0 bridgehead atoms. The standard InChI is InChI=1S/C20H31N3O.2ClH/c21-19-8-4-7-18(13-19)20(24)22-14-17-10-12-23(15-17)11-9-16-5-2-1-3-6-16;;/h1-3,5-6,17-19H,4,7-15,21H2,(H,22,24);2*1H. The number of benzene rings is 1. The molecule has 1 saturated heterocycles. The molecule has 1 aromatic rings. The summed E-state index contributed by atoms with van der Waals surface area (Å²) in [6, 6.07) is 10.9. The quantitative estimate of drug-likeness (QED) is 0.769. The lowest BCUT2D eigenvalue weighted by molar-refractivity contribution is -0.126. The van der Waals surface area contributed by atoms with Gasteiger partial charge in [0.1, 0.15) is 0 Å². The van der Waals surface area contributed by atoms with Gasteiger partial charge in [-0.25, -0.2) is 0 Å². The van der Waals surface area contributed by atoms with Gasteiger partial charge in [0.15, 0.2) is 0 Å². The minimum absolute atomic E-state index is 0. The fourth-order valence-corrected chi connectivity index (χ4v) is 4.07. The third-order valence-electron chi connectivity index (χ3n) is 5.58. The van der Waals surface area contributed by atoms with Crippen LogP contribution in [0.2, 0.25) is 0 Å². The summed E-state index contributed by atoms with van der Waals surface area (Å²) in [6.07, 6.45) is 6.34. The molecule has 1 aliphatic carbocycles. The molecular weight excluding hydrogens is 369 g/mol. The van der Waals surface area contributed by atoms with Crippen molar-refractivity contribution in [2.24, 2.45) is 17.6 Å². The van der Waals surface area contributed by atoms with Gasteiger partial charge in [0.25, 0.3) is 0 Å². The second-order valence-corrected chi connectivity index (χ2v) is 7.56. The number of nitrogens with one attached hydrogen (secondary N) is 1. The topological polar surface area (TPSA) is 58.4 Å². The first-order valence-electron chi connectivity index (χ1n) is 9.50. The van der Waals surface area contributed by atoms with Crippen LogP contribution >= 0.6 is 24.8 Å². The van der Waals surface area contributed by atoms with Gasteiger partial charge in [-0.3, -0.25) is 4.79 Å². The lowest BCUT2D eigenvalue weighted by Crippen LogP contribution is -2.39. The summed E-state index contributed by atoms with van der Waals surface area (Å²) in [4.78, 5) is 14.8. The molecule has 1 aromatic carbocycles. The Labute approximate surface area is 170 Å². The van der Waals surface area contributed by atoms with Crippen molar-refractivity contribution in [2.45, 2.75) is 44.6 Å². The summed E-state index contributed by atoms with van der Waals surface area (Å²) in [7, 11) is 0. The maximum atomic E-state index is 12.3. The molecule has 0 radical (unpaired) electrons. The molecule has 1 heterocycles. The molecule has 1 aliphatic heterocycles. The third-order valence-corrected chi connectivity index (χ3v) is 5.58. The normalized spacial score (nSPS) is 25.8. The molecule has 3 atom stereocenters. The molecule has 6 heteroatoms. The summed E-state index contributed by atoms with van der Waals surface area (Å²) < 4.78 is 0. The Kier molecular flexibility index (Phi) is 10.6. The van der Waals surface area contributed by atoms with Crippen molar-refractivity contribution >= 4 is 30.7 Å². The molecule has 3 unspecified atom stereocenters. The first-order valence-corrected chi connectivity index (χ1v) is 9.50. The SMILES string of the molecule is Cl.Cl.NC1CCCC(C(=O)NCC2CCN(CCc3ccccc3)C2)C1. The maximum Gasteiger partial charge on any atom is 0.223 e. The largest absolute Gasteiger partial charge is 0.356 e. The Balaban J connectivity index is 0.00000169. The van der Waals surface area contributed by atoms with Crippen LogP contribution in [0.25, 0.3) is 0 Å². The van der Waals surface area contributed by atoms with Crippen LogP contribution in [0.5, 0.6) is 0 Å². The summed E-state index contributed by atoms with van der Waals surface area (Å²) in [5, 5.41) is 3.19. The van der Waals surface area contributed by atoms with Gasteiger partial charge in [0.2, 0.25) is 5.91 Å². The minimum atomic E-state index is 0. The van der Waals surface area contributed by atoms with E-state index in [1.807, 2.05) is 0 Å². The Morgan fingerprint density at radius 3 is 2.65 bits per heavy atom. The lowest BCUT2D eigenvalue weighted by Gasteiger charge is -2.26. The Morgan fingerprint density at radius 2 is 1.92 bits per heavy atom. The Morgan fingerprint density at radius 1 is 1.15 bits per heavy atom. The summed E-state index contributed by atoms with van der Waals surface area (Å²) >= 11 is 0. The molecule has 148 valence electrons. The van der Waals surface area contributed by atoms with E-state index in [1.165, 1.54) is 12.0 Å². The zero-order valence-corrected chi connectivity index (χ0v) is 17.1. The molecule has 1 saturated carbocycles. The number of likely N-dealkylation sites (tertiary alicyclic amines) is 1. The molecule has 2 fully saturated rings. The first-order chi connectivity index (χ1) is 11.7. The highest BCUT2D eigenvalue weighted by Gasteiger charge is 2.27. The van der Waals surface area contributed by atoms with Crippen LogP contribution in [0.4, 0.5) is 0 Å². The van der Waals surface area contributed by atoms with Gasteiger partial charge < -0.3 is 16.0 Å². The highest BCUT2D eigenvalue weighted by Crippen LogP contribution is 2.23. The van der Waals surface area contributed by atoms with E-state index >= 15 is 0 Å². The third kappa shape index (κ3) is 7.07. The number of carbonyl (C=O) groups excluding carboxylic acids is 1. The van der Waals surface area contributed by atoms with Crippen LogP contribution < -0.4 is 11.1 Å². The second kappa shape index (κ2) is 11.8. The number of amides is 1. The van der Waals surface area contributed by atoms with E-state index in [9.17, 15) is 4.79 Å². The minimum Gasteiger partial charge on any atom is -0.356 e. The molecule has 1 amide bonds. The van der Waals surface area contributed by atoms with Crippen LogP contribution in [0.15, 0.2) is 30.3 Å². The van der Waals surface area contributed by atoms with Crippen LogP contribution in [-0.2, 0) is 11.2 Å². The van der Waals surface area contributed by atoms with E-state index in [0.29, 0.717) is 5.92 Å². The molecule has 2 aliphatic rings. The van der Waals surface area contributed by atoms with Gasteiger partial charge >= 0.3 is 0 Å². The fraction of sp³-hybridized carbons (Fsp3) is 0.650. The lowest BCUT2D eigenvalue weighted by atomic mass is 9.85. The average molecular weight is 402 g/mol. The maximum absolute atomic E-state index is 12.3. The smallest absolute Gasteiger partial charge is 0.223 e. The molecular formula is C20H33Cl2N3O. The van der Waals surface area contributed by atoms with Gasteiger partial charge in [-0.2, -0.15) is 0 Å².